The van der Waals surface area contributed by atoms with Gasteiger partial charge in [-0.25, -0.2) is 22.1 Å². The van der Waals surface area contributed by atoms with E-state index in [1.807, 2.05) is 0 Å². The van der Waals surface area contributed by atoms with Gasteiger partial charge in [-0.05, 0) is 25.0 Å². The van der Waals surface area contributed by atoms with Gasteiger partial charge in [-0.15, -0.1) is 5.10 Å². The molecule has 0 saturated carbocycles. The van der Waals surface area contributed by atoms with Crippen LogP contribution in [0.4, 0.5) is 13.2 Å². The normalized spacial score (nSPS) is 30.1. The Hall–Kier alpha value is -2.43. The summed E-state index contributed by atoms with van der Waals surface area (Å²) in [5, 5.41) is 11.4. The van der Waals surface area contributed by atoms with E-state index in [1.165, 1.54) is 6.20 Å². The van der Waals surface area contributed by atoms with Crippen molar-refractivity contribution in [2.75, 3.05) is 11.5 Å². The molecule has 150 valence electrons. The summed E-state index contributed by atoms with van der Waals surface area (Å²) in [5.41, 5.74) is -2.38. The highest BCUT2D eigenvalue weighted by atomic mass is 32.2. The number of oxime groups is 1. The molecule has 0 spiro atoms. The van der Waals surface area contributed by atoms with Crippen molar-refractivity contribution in [3.8, 4) is 0 Å². The molecule has 1 aromatic carbocycles. The van der Waals surface area contributed by atoms with Crippen LogP contribution in [0.1, 0.15) is 30.4 Å². The van der Waals surface area contributed by atoms with Crippen LogP contribution in [-0.4, -0.2) is 42.5 Å². The van der Waals surface area contributed by atoms with Crippen LogP contribution in [0.15, 0.2) is 29.7 Å². The molecule has 1 aromatic heterocycles. The lowest BCUT2D eigenvalue weighted by molar-refractivity contribution is 0.0693. The molecule has 4 rings (SSSR count). The van der Waals surface area contributed by atoms with Crippen LogP contribution >= 0.6 is 0 Å². The molecule has 1 saturated heterocycles. The zero-order valence-corrected chi connectivity index (χ0v) is 15.6. The van der Waals surface area contributed by atoms with Crippen LogP contribution in [0.2, 0.25) is 0 Å². The number of nitrogens with one attached hydrogen (secondary N) is 1. The van der Waals surface area contributed by atoms with Crippen molar-refractivity contribution in [1.82, 2.24) is 15.0 Å². The van der Waals surface area contributed by atoms with Gasteiger partial charge in [-0.2, -0.15) is 0 Å². The predicted octanol–water partition coefficient (Wildman–Crippen LogP) is 2.75. The van der Waals surface area contributed by atoms with E-state index < -0.39 is 32.6 Å². The van der Waals surface area contributed by atoms with Crippen LogP contribution < -0.4 is 0 Å². The van der Waals surface area contributed by atoms with Gasteiger partial charge in [0.25, 0.3) is 0 Å². The van der Waals surface area contributed by atoms with E-state index in [-0.39, 0.29) is 36.0 Å². The number of halogens is 3. The third kappa shape index (κ3) is 3.62. The standard InChI is InChI=1S/C17H18F3N5O2S/c18-13-7-11(15-9-12(27-23-15)10-25-4-3-22-24-25)8-14(19)16(13)17(20)1-5-28(21,26)6-2-17/h3-4,7-8,12,21H,1-2,5-6,9-10H2/t12-,17-,28-/m1/s1. The van der Waals surface area contributed by atoms with Crippen LogP contribution in [0.5, 0.6) is 0 Å². The molecule has 2 aromatic rings. The van der Waals surface area contributed by atoms with E-state index >= 15 is 4.39 Å². The van der Waals surface area contributed by atoms with E-state index in [1.54, 1.807) is 10.9 Å². The maximum absolute atomic E-state index is 15.2. The predicted molar refractivity (Wildman–Crippen MR) is 95.0 cm³/mol. The molecule has 3 heterocycles. The van der Waals surface area contributed by atoms with Gasteiger partial charge in [-0.1, -0.05) is 10.4 Å². The Morgan fingerprint density at radius 3 is 2.57 bits per heavy atom. The van der Waals surface area contributed by atoms with E-state index in [9.17, 15) is 13.0 Å². The van der Waals surface area contributed by atoms with Gasteiger partial charge in [0, 0.05) is 39.4 Å². The molecule has 1 fully saturated rings. The fourth-order valence-corrected chi connectivity index (χ4v) is 5.04. The van der Waals surface area contributed by atoms with Crippen molar-refractivity contribution in [2.45, 2.75) is 37.6 Å². The number of hydrogen-bond donors (Lipinski definition) is 1. The number of nitrogens with zero attached hydrogens (tertiary/aromatic N) is 4. The van der Waals surface area contributed by atoms with E-state index in [4.69, 9.17) is 9.62 Å². The molecule has 28 heavy (non-hydrogen) atoms. The molecule has 0 unspecified atom stereocenters. The molecule has 1 N–H and O–H groups in total. The van der Waals surface area contributed by atoms with Crippen molar-refractivity contribution in [1.29, 1.82) is 4.78 Å². The quantitative estimate of drug-likeness (QED) is 0.834. The molecule has 2 aliphatic rings. The highest BCUT2D eigenvalue weighted by Gasteiger charge is 2.42. The molecule has 7 nitrogen and oxygen atoms in total. The highest BCUT2D eigenvalue weighted by Crippen LogP contribution is 2.41. The Morgan fingerprint density at radius 1 is 1.29 bits per heavy atom. The Balaban J connectivity index is 1.53. The van der Waals surface area contributed by atoms with E-state index in [0.29, 0.717) is 18.7 Å². The summed E-state index contributed by atoms with van der Waals surface area (Å²) >= 11 is 0. The minimum Gasteiger partial charge on any atom is -0.390 e. The van der Waals surface area contributed by atoms with Crippen molar-refractivity contribution >= 4 is 15.4 Å². The summed E-state index contributed by atoms with van der Waals surface area (Å²) < 4.78 is 65.4. The van der Waals surface area contributed by atoms with Crippen LogP contribution in [-0.2, 0) is 26.8 Å². The number of alkyl halides is 1. The Morgan fingerprint density at radius 2 is 1.96 bits per heavy atom. The smallest absolute Gasteiger partial charge is 0.152 e. The molecule has 0 bridgehead atoms. The highest BCUT2D eigenvalue weighted by molar-refractivity contribution is 7.92. The molecule has 2 aliphatic heterocycles. The first kappa shape index (κ1) is 18.9. The topological polar surface area (TPSA) is 93.2 Å². The average molecular weight is 413 g/mol. The first-order valence-electron chi connectivity index (χ1n) is 8.75. The van der Waals surface area contributed by atoms with Gasteiger partial charge in [-0.3, -0.25) is 4.78 Å². The molecule has 0 amide bonds. The largest absolute Gasteiger partial charge is 0.390 e. The Kier molecular flexibility index (Phi) is 4.64. The van der Waals surface area contributed by atoms with Crippen molar-refractivity contribution in [2.24, 2.45) is 5.16 Å². The summed E-state index contributed by atoms with van der Waals surface area (Å²) in [5.74, 6) is -2.46. The summed E-state index contributed by atoms with van der Waals surface area (Å²) in [4.78, 5) is 5.29. The first-order valence-corrected chi connectivity index (χ1v) is 10.7. The van der Waals surface area contributed by atoms with Crippen molar-refractivity contribution in [3.05, 3.63) is 47.3 Å². The summed E-state index contributed by atoms with van der Waals surface area (Å²) in [6.45, 7) is 0.385. The number of rotatable bonds is 4. The van der Waals surface area contributed by atoms with Gasteiger partial charge in [0.05, 0.1) is 24.0 Å². The molecule has 11 heteroatoms. The molecular weight excluding hydrogens is 395 g/mol. The Bertz CT molecular complexity index is 986. The minimum absolute atomic E-state index is 0.184. The summed E-state index contributed by atoms with van der Waals surface area (Å²) in [6, 6.07) is 2.10. The van der Waals surface area contributed by atoms with E-state index in [2.05, 4.69) is 15.5 Å². The lowest BCUT2D eigenvalue weighted by atomic mass is 9.87. The first-order chi connectivity index (χ1) is 13.3. The molecular formula is C17H18F3N5O2S. The SMILES string of the molecule is N=[S@]1(=O)CC[C@@](F)(c2c(F)cc(C3=NO[C@@H](Cn4ccnn4)C3)cc2F)CC1. The van der Waals surface area contributed by atoms with Gasteiger partial charge in [0.2, 0.25) is 0 Å². The summed E-state index contributed by atoms with van der Waals surface area (Å²) in [7, 11) is -2.87. The fourth-order valence-electron chi connectivity index (χ4n) is 3.53. The second-order valence-electron chi connectivity index (χ2n) is 7.09. The second-order valence-corrected chi connectivity index (χ2v) is 9.54. The third-order valence-electron chi connectivity index (χ3n) is 5.08. The maximum atomic E-state index is 15.2. The van der Waals surface area contributed by atoms with Gasteiger partial charge in [0.15, 0.2) is 6.10 Å². The number of aromatic nitrogens is 3. The maximum Gasteiger partial charge on any atom is 0.152 e. The average Bonchev–Trinajstić information content (AvgIpc) is 3.30. The lowest BCUT2D eigenvalue weighted by Gasteiger charge is -2.31. The molecule has 0 aliphatic carbocycles. The fraction of sp³-hybridized carbons (Fsp3) is 0.471. The molecule has 0 radical (unpaired) electrons. The van der Waals surface area contributed by atoms with Gasteiger partial charge >= 0.3 is 0 Å². The minimum atomic E-state index is -2.87. The Labute approximate surface area is 159 Å². The van der Waals surface area contributed by atoms with Crippen LogP contribution in [0.3, 0.4) is 0 Å². The summed E-state index contributed by atoms with van der Waals surface area (Å²) in [6.07, 6.45) is 2.48. The number of benzene rings is 1. The third-order valence-corrected chi connectivity index (χ3v) is 6.80. The monoisotopic (exact) mass is 413 g/mol. The van der Waals surface area contributed by atoms with Gasteiger partial charge in [0.1, 0.15) is 17.3 Å². The van der Waals surface area contributed by atoms with Crippen LogP contribution in [0, 0.1) is 16.4 Å². The zero-order chi connectivity index (χ0) is 19.9. The number of hydrogen-bond acceptors (Lipinski definition) is 6. The van der Waals surface area contributed by atoms with E-state index in [0.717, 1.165) is 12.1 Å². The van der Waals surface area contributed by atoms with Crippen molar-refractivity contribution < 1.29 is 22.2 Å². The zero-order valence-electron chi connectivity index (χ0n) is 14.8. The lowest BCUT2D eigenvalue weighted by Crippen LogP contribution is -2.34. The second kappa shape index (κ2) is 6.87. The van der Waals surface area contributed by atoms with Crippen LogP contribution in [0.25, 0.3) is 0 Å². The van der Waals surface area contributed by atoms with Gasteiger partial charge < -0.3 is 4.84 Å². The van der Waals surface area contributed by atoms with Crippen molar-refractivity contribution in [3.63, 3.8) is 0 Å². The molecule has 1 atom stereocenters.